The molecule has 3 aliphatic rings. The van der Waals surface area contributed by atoms with Crippen molar-refractivity contribution in [2.24, 2.45) is 17.3 Å². The van der Waals surface area contributed by atoms with Crippen molar-refractivity contribution in [1.29, 1.82) is 0 Å². The maximum absolute atomic E-state index is 13.9. The van der Waals surface area contributed by atoms with Crippen LogP contribution in [0.2, 0.25) is 0 Å². The van der Waals surface area contributed by atoms with E-state index in [9.17, 15) is 19.2 Å². The number of rotatable bonds is 3. The summed E-state index contributed by atoms with van der Waals surface area (Å²) in [5.74, 6) is -3.21. The van der Waals surface area contributed by atoms with E-state index >= 15 is 0 Å². The Labute approximate surface area is 198 Å². The van der Waals surface area contributed by atoms with Crippen LogP contribution in [0.5, 0.6) is 0 Å². The SMILES string of the molecule is COC(=O)c1ccccc1N1C(=O)[C@@H]2[C@H](C1=O)[C@H]1c3ccccc3C=CN1[C@@H]2C(=O)C(C)(C)C. The maximum atomic E-state index is 13.9. The minimum absolute atomic E-state index is 0.0988. The summed E-state index contributed by atoms with van der Waals surface area (Å²) in [4.78, 5) is 56.9. The largest absolute Gasteiger partial charge is 0.465 e. The summed E-state index contributed by atoms with van der Waals surface area (Å²) in [5.41, 5.74) is 1.47. The van der Waals surface area contributed by atoms with Gasteiger partial charge in [-0.05, 0) is 29.3 Å². The number of hydrogen-bond acceptors (Lipinski definition) is 6. The number of anilines is 1. The van der Waals surface area contributed by atoms with Crippen LogP contribution in [-0.4, -0.2) is 41.6 Å². The average molecular weight is 459 g/mol. The van der Waals surface area contributed by atoms with Crippen LogP contribution >= 0.6 is 0 Å². The van der Waals surface area contributed by atoms with Crippen LogP contribution in [0.1, 0.15) is 48.3 Å². The second-order valence-corrected chi connectivity index (χ2v) is 9.97. The first-order chi connectivity index (χ1) is 16.2. The van der Waals surface area contributed by atoms with E-state index < -0.39 is 47.1 Å². The van der Waals surface area contributed by atoms with Gasteiger partial charge >= 0.3 is 5.97 Å². The van der Waals surface area contributed by atoms with Crippen LogP contribution in [0.3, 0.4) is 0 Å². The van der Waals surface area contributed by atoms with E-state index in [1.54, 1.807) is 18.2 Å². The highest BCUT2D eigenvalue weighted by molar-refractivity contribution is 6.25. The number of methoxy groups -OCH3 is 1. The molecule has 3 aliphatic heterocycles. The van der Waals surface area contributed by atoms with E-state index in [0.29, 0.717) is 0 Å². The van der Waals surface area contributed by atoms with Crippen molar-refractivity contribution < 1.29 is 23.9 Å². The highest BCUT2D eigenvalue weighted by Gasteiger charge is 2.65. The van der Waals surface area contributed by atoms with E-state index in [1.165, 1.54) is 13.2 Å². The Hall–Kier alpha value is -3.74. The van der Waals surface area contributed by atoms with Gasteiger partial charge in [-0.15, -0.1) is 0 Å². The number of para-hydroxylation sites is 1. The first-order valence-electron chi connectivity index (χ1n) is 11.3. The molecule has 2 saturated heterocycles. The van der Waals surface area contributed by atoms with E-state index in [-0.39, 0.29) is 17.0 Å². The normalized spacial score (nSPS) is 25.2. The number of Topliss-reactive ketones (excluding diaryl/α,β-unsaturated/α-hetero) is 1. The Morgan fingerprint density at radius 2 is 1.56 bits per heavy atom. The predicted molar refractivity (Wildman–Crippen MR) is 126 cm³/mol. The summed E-state index contributed by atoms with van der Waals surface area (Å²) in [6, 6.07) is 12.9. The van der Waals surface area contributed by atoms with Gasteiger partial charge < -0.3 is 9.64 Å². The number of carbonyl (C=O) groups excluding carboxylic acids is 4. The minimum Gasteiger partial charge on any atom is -0.465 e. The monoisotopic (exact) mass is 458 g/mol. The number of ether oxygens (including phenoxy) is 1. The van der Waals surface area contributed by atoms with E-state index in [4.69, 9.17) is 4.74 Å². The van der Waals surface area contributed by atoms with Crippen molar-refractivity contribution >= 4 is 35.3 Å². The van der Waals surface area contributed by atoms with Crippen molar-refractivity contribution in [3.05, 3.63) is 71.4 Å². The molecular weight excluding hydrogens is 432 g/mol. The van der Waals surface area contributed by atoms with Crippen molar-refractivity contribution in [2.75, 3.05) is 12.0 Å². The number of fused-ring (bicyclic) bond motifs is 5. The lowest BCUT2D eigenvalue weighted by atomic mass is 9.79. The molecule has 174 valence electrons. The molecule has 2 aromatic rings. The molecule has 7 nitrogen and oxygen atoms in total. The fourth-order valence-corrected chi connectivity index (χ4v) is 5.49. The Kier molecular flexibility index (Phi) is 4.97. The van der Waals surface area contributed by atoms with Crippen LogP contribution in [-0.2, 0) is 19.1 Å². The van der Waals surface area contributed by atoms with Gasteiger partial charge in [0, 0.05) is 11.6 Å². The number of nitrogens with zero attached hydrogens (tertiary/aromatic N) is 2. The van der Waals surface area contributed by atoms with Crippen molar-refractivity contribution in [3.8, 4) is 0 Å². The van der Waals surface area contributed by atoms with Crippen LogP contribution < -0.4 is 4.90 Å². The summed E-state index contributed by atoms with van der Waals surface area (Å²) in [6.45, 7) is 5.47. The minimum atomic E-state index is -0.856. The molecule has 0 aromatic heterocycles. The number of hydrogen-bond donors (Lipinski definition) is 0. The zero-order chi connectivity index (χ0) is 24.4. The molecule has 2 aromatic carbocycles. The first-order valence-corrected chi connectivity index (χ1v) is 11.3. The van der Waals surface area contributed by atoms with E-state index in [2.05, 4.69) is 0 Å². The summed E-state index contributed by atoms with van der Waals surface area (Å²) >= 11 is 0. The van der Waals surface area contributed by atoms with Crippen molar-refractivity contribution in [2.45, 2.75) is 32.9 Å². The molecule has 0 radical (unpaired) electrons. The second kappa shape index (κ2) is 7.65. The van der Waals surface area contributed by atoms with Gasteiger partial charge in [0.2, 0.25) is 11.8 Å². The van der Waals surface area contributed by atoms with Crippen LogP contribution in [0.4, 0.5) is 5.69 Å². The molecule has 0 aliphatic carbocycles. The van der Waals surface area contributed by atoms with Gasteiger partial charge in [-0.1, -0.05) is 57.2 Å². The maximum Gasteiger partial charge on any atom is 0.339 e. The van der Waals surface area contributed by atoms with Gasteiger partial charge in [0.25, 0.3) is 0 Å². The zero-order valence-corrected chi connectivity index (χ0v) is 19.5. The molecule has 5 rings (SSSR count). The van der Waals surface area contributed by atoms with Crippen molar-refractivity contribution in [1.82, 2.24) is 4.90 Å². The Balaban J connectivity index is 1.68. The lowest BCUT2D eigenvalue weighted by Crippen LogP contribution is -2.48. The molecule has 2 amide bonds. The number of carbonyl (C=O) groups is 4. The molecule has 34 heavy (non-hydrogen) atoms. The molecule has 4 atom stereocenters. The summed E-state index contributed by atoms with van der Waals surface area (Å²) in [6.07, 6.45) is 3.77. The van der Waals surface area contributed by atoms with Gasteiger partial charge in [0.1, 0.15) is 6.04 Å². The molecule has 0 N–H and O–H groups in total. The first kappa shape index (κ1) is 22.1. The number of benzene rings is 2. The summed E-state index contributed by atoms with van der Waals surface area (Å²) in [5, 5.41) is 0. The third-order valence-corrected chi connectivity index (χ3v) is 7.02. The highest BCUT2D eigenvalue weighted by Crippen LogP contribution is 2.54. The van der Waals surface area contributed by atoms with Gasteiger partial charge in [0.05, 0.1) is 36.2 Å². The third-order valence-electron chi connectivity index (χ3n) is 7.02. The predicted octanol–water partition coefficient (Wildman–Crippen LogP) is 3.60. The highest BCUT2D eigenvalue weighted by atomic mass is 16.5. The Morgan fingerprint density at radius 3 is 2.26 bits per heavy atom. The standard InChI is InChI=1S/C27H26N2O5/c1-27(2,3)23(30)22-20-19(21-16-10-6-5-9-15(16)13-14-28(21)22)24(31)29(25(20)32)18-12-8-7-11-17(18)26(33)34-4/h5-14,19-22H,1-4H3/t19-,20+,21+,22-/m0/s1. The lowest BCUT2D eigenvalue weighted by molar-refractivity contribution is -0.135. The van der Waals surface area contributed by atoms with E-state index in [1.807, 2.05) is 62.2 Å². The molecule has 0 bridgehead atoms. The molecule has 7 heteroatoms. The number of imide groups is 1. The van der Waals surface area contributed by atoms with Crippen LogP contribution in [0.25, 0.3) is 6.08 Å². The topological polar surface area (TPSA) is 84.0 Å². The third kappa shape index (κ3) is 3.03. The van der Waals surface area contributed by atoms with Crippen molar-refractivity contribution in [3.63, 3.8) is 0 Å². The van der Waals surface area contributed by atoms with Gasteiger partial charge in [-0.3, -0.25) is 14.4 Å². The molecule has 0 unspecified atom stereocenters. The lowest BCUT2D eigenvalue weighted by Gasteiger charge is -2.37. The Bertz CT molecular complexity index is 1260. The van der Waals surface area contributed by atoms with Crippen LogP contribution in [0, 0.1) is 17.3 Å². The average Bonchev–Trinajstić information content (AvgIpc) is 3.30. The summed E-state index contributed by atoms with van der Waals surface area (Å²) in [7, 11) is 1.25. The number of amides is 2. The smallest absolute Gasteiger partial charge is 0.339 e. The number of ketones is 1. The van der Waals surface area contributed by atoms with Gasteiger partial charge in [0.15, 0.2) is 5.78 Å². The quantitative estimate of drug-likeness (QED) is 0.516. The summed E-state index contributed by atoms with van der Waals surface area (Å²) < 4.78 is 4.88. The molecule has 3 heterocycles. The molecule has 2 fully saturated rings. The van der Waals surface area contributed by atoms with Gasteiger partial charge in [-0.25, -0.2) is 9.69 Å². The molecule has 0 saturated carbocycles. The zero-order valence-electron chi connectivity index (χ0n) is 19.5. The van der Waals surface area contributed by atoms with E-state index in [0.717, 1.165) is 16.0 Å². The van der Waals surface area contributed by atoms with Gasteiger partial charge in [-0.2, -0.15) is 0 Å². The second-order valence-electron chi connectivity index (χ2n) is 9.97. The molecule has 0 spiro atoms. The van der Waals surface area contributed by atoms with Crippen LogP contribution in [0.15, 0.2) is 54.7 Å². The Morgan fingerprint density at radius 1 is 0.912 bits per heavy atom. The fraction of sp³-hybridized carbons (Fsp3) is 0.333. The number of esters is 1. The fourth-order valence-electron chi connectivity index (χ4n) is 5.49. The molecular formula is C27H26N2O5.